The van der Waals surface area contributed by atoms with Crippen molar-refractivity contribution in [1.82, 2.24) is 5.06 Å². The van der Waals surface area contributed by atoms with Gasteiger partial charge in [-0.2, -0.15) is 5.06 Å². The Morgan fingerprint density at radius 1 is 1.00 bits per heavy atom. The average Bonchev–Trinajstić information content (AvgIpc) is 2.23. The molecule has 11 heteroatoms. The van der Waals surface area contributed by atoms with Crippen LogP contribution in [0.25, 0.3) is 0 Å². The first-order valence-corrected chi connectivity index (χ1v) is 8.95. The van der Waals surface area contributed by atoms with Crippen LogP contribution in [-0.4, -0.2) is 53.1 Å². The number of hydrogen-bond donors (Lipinski definition) is 6. The second kappa shape index (κ2) is 7.26. The van der Waals surface area contributed by atoms with Crippen LogP contribution in [0.5, 0.6) is 0 Å². The summed E-state index contributed by atoms with van der Waals surface area (Å²) in [7, 11) is -10.9. The molecule has 0 aliphatic carbocycles. The van der Waals surface area contributed by atoms with Gasteiger partial charge in [0.2, 0.25) is 0 Å². The molecule has 9 nitrogen and oxygen atoms in total. The SMILES string of the molecule is CCCCCN(O)CCC(O)(P(=O)(O)O)P(=O)(O)O. The maximum Gasteiger partial charge on any atom is 0.369 e. The maximum atomic E-state index is 11.0. The zero-order valence-electron chi connectivity index (χ0n) is 10.6. The van der Waals surface area contributed by atoms with E-state index in [-0.39, 0.29) is 6.54 Å². The highest BCUT2D eigenvalue weighted by atomic mass is 31.2. The summed E-state index contributed by atoms with van der Waals surface area (Å²) in [5.74, 6) is 0. The molecule has 0 aromatic rings. The van der Waals surface area contributed by atoms with E-state index < -0.39 is 33.2 Å². The van der Waals surface area contributed by atoms with Crippen LogP contribution in [0.2, 0.25) is 0 Å². The van der Waals surface area contributed by atoms with E-state index >= 15 is 0 Å². The molecule has 116 valence electrons. The fourth-order valence-electron chi connectivity index (χ4n) is 1.40. The maximum absolute atomic E-state index is 11.0. The lowest BCUT2D eigenvalue weighted by atomic mass is 10.2. The summed E-state index contributed by atoms with van der Waals surface area (Å²) in [5.41, 5.74) is 0. The van der Waals surface area contributed by atoms with Crippen LogP contribution < -0.4 is 0 Å². The van der Waals surface area contributed by atoms with Gasteiger partial charge < -0.3 is 29.9 Å². The number of hydroxylamine groups is 2. The molecule has 0 unspecified atom stereocenters. The van der Waals surface area contributed by atoms with E-state index in [1.807, 2.05) is 6.92 Å². The molecule has 0 radical (unpaired) electrons. The van der Waals surface area contributed by atoms with Gasteiger partial charge in [0, 0.05) is 19.5 Å². The molecule has 19 heavy (non-hydrogen) atoms. The Labute approximate surface area is 111 Å². The molecule has 0 aromatic carbocycles. The zero-order chi connectivity index (χ0) is 15.3. The Hall–Kier alpha value is 0.180. The van der Waals surface area contributed by atoms with Crippen molar-refractivity contribution in [3.63, 3.8) is 0 Å². The molecule has 0 saturated heterocycles. The quantitative estimate of drug-likeness (QED) is 0.199. The summed E-state index contributed by atoms with van der Waals surface area (Å²) in [6.45, 7) is 1.67. The van der Waals surface area contributed by atoms with Gasteiger partial charge in [0.1, 0.15) is 0 Å². The monoisotopic (exact) mass is 321 g/mol. The van der Waals surface area contributed by atoms with Crippen LogP contribution in [0.15, 0.2) is 0 Å². The topological polar surface area (TPSA) is 159 Å². The lowest BCUT2D eigenvalue weighted by Gasteiger charge is -2.30. The van der Waals surface area contributed by atoms with Crippen molar-refractivity contribution < 1.29 is 39.0 Å². The number of unbranched alkanes of at least 4 members (excludes halogenated alkanes) is 2. The van der Waals surface area contributed by atoms with Gasteiger partial charge in [-0.3, -0.25) is 9.13 Å². The van der Waals surface area contributed by atoms with Crippen molar-refractivity contribution in [1.29, 1.82) is 0 Å². The summed E-state index contributed by atoms with van der Waals surface area (Å²) >= 11 is 0. The molecule has 0 fully saturated rings. The average molecular weight is 321 g/mol. The zero-order valence-corrected chi connectivity index (χ0v) is 12.4. The molecular weight excluding hydrogens is 300 g/mol. The third kappa shape index (κ3) is 5.59. The van der Waals surface area contributed by atoms with Crippen molar-refractivity contribution in [2.75, 3.05) is 13.1 Å². The van der Waals surface area contributed by atoms with E-state index in [1.54, 1.807) is 0 Å². The molecule has 0 atom stereocenters. The Bertz CT molecular complexity index is 342. The normalized spacial score (nSPS) is 14.1. The minimum Gasteiger partial charge on any atom is -0.367 e. The van der Waals surface area contributed by atoms with E-state index in [2.05, 4.69) is 0 Å². The molecule has 0 aromatic heterocycles. The third-order valence-electron chi connectivity index (χ3n) is 2.66. The van der Waals surface area contributed by atoms with Crippen molar-refractivity contribution in [2.24, 2.45) is 0 Å². The van der Waals surface area contributed by atoms with Crippen molar-refractivity contribution in [3.8, 4) is 0 Å². The van der Waals surface area contributed by atoms with Crippen molar-refractivity contribution in [2.45, 2.75) is 37.7 Å². The first-order chi connectivity index (χ1) is 8.45. The molecule has 6 N–H and O–H groups in total. The summed E-state index contributed by atoms with van der Waals surface area (Å²) < 4.78 is 22.0. The summed E-state index contributed by atoms with van der Waals surface area (Å²) in [5, 5.41) is 16.1. The summed E-state index contributed by atoms with van der Waals surface area (Å²) in [6.07, 6.45) is 1.42. The second-order valence-corrected chi connectivity index (χ2v) is 8.28. The highest BCUT2D eigenvalue weighted by molar-refractivity contribution is 7.72. The van der Waals surface area contributed by atoms with Crippen molar-refractivity contribution in [3.05, 3.63) is 0 Å². The predicted octanol–water partition coefficient (Wildman–Crippen LogP) is 0.259. The minimum absolute atomic E-state index is 0.187. The van der Waals surface area contributed by atoms with Crippen molar-refractivity contribution >= 4 is 15.2 Å². The highest BCUT2D eigenvalue weighted by Gasteiger charge is 2.58. The van der Waals surface area contributed by atoms with Gasteiger partial charge in [-0.15, -0.1) is 0 Å². The Balaban J connectivity index is 4.63. The standard InChI is InChI=1S/C8H21NO8P2/c1-2-3-4-6-9(11)7-5-8(10,18(12,13)14)19(15,16)17/h10-11H,2-7H2,1H3,(H2,12,13,14)(H2,15,16,17). The molecule has 0 aliphatic rings. The second-order valence-electron chi connectivity index (χ2n) is 4.27. The number of aliphatic hydroxyl groups is 1. The number of nitrogens with zero attached hydrogens (tertiary/aromatic N) is 1. The van der Waals surface area contributed by atoms with Gasteiger partial charge in [-0.1, -0.05) is 19.8 Å². The van der Waals surface area contributed by atoms with E-state index in [9.17, 15) is 19.4 Å². The molecule has 0 aliphatic heterocycles. The Morgan fingerprint density at radius 3 is 1.84 bits per heavy atom. The fourth-order valence-corrected chi connectivity index (χ4v) is 3.54. The van der Waals surface area contributed by atoms with Crippen LogP contribution in [-0.2, 0) is 9.13 Å². The van der Waals surface area contributed by atoms with Gasteiger partial charge >= 0.3 is 15.2 Å². The predicted molar refractivity (Wildman–Crippen MR) is 66.5 cm³/mol. The van der Waals surface area contributed by atoms with E-state index in [0.29, 0.717) is 11.5 Å². The Kier molecular flexibility index (Phi) is 7.33. The molecule has 0 saturated carbocycles. The fraction of sp³-hybridized carbons (Fsp3) is 1.00. The first kappa shape index (κ1) is 19.2. The van der Waals surface area contributed by atoms with Crippen LogP contribution >= 0.6 is 15.2 Å². The third-order valence-corrected chi connectivity index (χ3v) is 6.53. The lowest BCUT2D eigenvalue weighted by molar-refractivity contribution is -0.0980. The van der Waals surface area contributed by atoms with Gasteiger partial charge in [-0.25, -0.2) is 0 Å². The summed E-state index contributed by atoms with van der Waals surface area (Å²) in [4.78, 5) is 35.5. The van der Waals surface area contributed by atoms with Crippen LogP contribution in [0.1, 0.15) is 32.6 Å². The highest BCUT2D eigenvalue weighted by Crippen LogP contribution is 2.68. The minimum atomic E-state index is -5.44. The van der Waals surface area contributed by atoms with Gasteiger partial charge in [-0.05, 0) is 6.42 Å². The van der Waals surface area contributed by atoms with Crippen LogP contribution in [0, 0.1) is 0 Å². The van der Waals surface area contributed by atoms with E-state index in [0.717, 1.165) is 12.8 Å². The first-order valence-electron chi connectivity index (χ1n) is 5.73. The number of hydrogen-bond acceptors (Lipinski definition) is 5. The van der Waals surface area contributed by atoms with Gasteiger partial charge in [0.05, 0.1) is 0 Å². The lowest BCUT2D eigenvalue weighted by Crippen LogP contribution is -2.34. The summed E-state index contributed by atoms with van der Waals surface area (Å²) in [6, 6.07) is 0. The molecule has 0 rings (SSSR count). The molecule has 0 heterocycles. The molecule has 0 spiro atoms. The largest absolute Gasteiger partial charge is 0.369 e. The van der Waals surface area contributed by atoms with Gasteiger partial charge in [0.25, 0.3) is 5.08 Å². The molecular formula is C8H21NO8P2. The molecule has 0 bridgehead atoms. The van der Waals surface area contributed by atoms with E-state index in [4.69, 9.17) is 19.6 Å². The van der Waals surface area contributed by atoms with E-state index in [1.165, 1.54) is 0 Å². The Morgan fingerprint density at radius 2 is 1.47 bits per heavy atom. The van der Waals surface area contributed by atoms with Crippen LogP contribution in [0.4, 0.5) is 0 Å². The smallest absolute Gasteiger partial charge is 0.367 e. The van der Waals surface area contributed by atoms with Crippen LogP contribution in [0.3, 0.4) is 0 Å². The number of rotatable bonds is 9. The van der Waals surface area contributed by atoms with Gasteiger partial charge in [0.15, 0.2) is 0 Å². The molecule has 0 amide bonds.